The van der Waals surface area contributed by atoms with Crippen molar-refractivity contribution in [2.45, 2.75) is 11.3 Å². The summed E-state index contributed by atoms with van der Waals surface area (Å²) < 4.78 is 27.2. The SMILES string of the molecule is O=C(Nc1ccccc1)Nc1ccc2c(c1)CCN2S(=O)(=O)c1ccccc1. The van der Waals surface area contributed by atoms with Crippen LogP contribution in [0.4, 0.5) is 21.9 Å². The van der Waals surface area contributed by atoms with Gasteiger partial charge in [0.15, 0.2) is 0 Å². The molecule has 0 aliphatic carbocycles. The first-order valence-corrected chi connectivity index (χ1v) is 10.3. The Hall–Kier alpha value is -3.32. The van der Waals surface area contributed by atoms with Crippen molar-refractivity contribution >= 4 is 33.1 Å². The molecular formula is C21H19N3O3S. The zero-order valence-electron chi connectivity index (χ0n) is 15.0. The summed E-state index contributed by atoms with van der Waals surface area (Å²) in [4.78, 5) is 12.4. The molecule has 28 heavy (non-hydrogen) atoms. The lowest BCUT2D eigenvalue weighted by Crippen LogP contribution is -2.29. The Morgan fingerprint density at radius 1 is 0.821 bits per heavy atom. The fraction of sp³-hybridized carbons (Fsp3) is 0.0952. The molecule has 4 rings (SSSR count). The van der Waals surface area contributed by atoms with Crippen LogP contribution < -0.4 is 14.9 Å². The summed E-state index contributed by atoms with van der Waals surface area (Å²) in [5.41, 5.74) is 2.85. The Morgan fingerprint density at radius 3 is 2.18 bits per heavy atom. The highest BCUT2D eigenvalue weighted by Gasteiger charge is 2.30. The molecule has 0 fully saturated rings. The van der Waals surface area contributed by atoms with Crippen molar-refractivity contribution in [3.05, 3.63) is 84.4 Å². The molecule has 7 heteroatoms. The molecule has 1 heterocycles. The summed E-state index contributed by atoms with van der Waals surface area (Å²) in [7, 11) is -3.60. The number of sulfonamides is 1. The Balaban J connectivity index is 1.52. The van der Waals surface area contributed by atoms with Gasteiger partial charge in [0, 0.05) is 17.9 Å². The van der Waals surface area contributed by atoms with E-state index in [0.29, 0.717) is 30.0 Å². The van der Waals surface area contributed by atoms with E-state index >= 15 is 0 Å². The lowest BCUT2D eigenvalue weighted by atomic mass is 10.1. The summed E-state index contributed by atoms with van der Waals surface area (Å²) >= 11 is 0. The molecule has 0 atom stereocenters. The highest BCUT2D eigenvalue weighted by molar-refractivity contribution is 7.92. The van der Waals surface area contributed by atoms with Gasteiger partial charge < -0.3 is 10.6 Å². The Kier molecular flexibility index (Phi) is 4.75. The van der Waals surface area contributed by atoms with Crippen LogP contribution in [0.15, 0.2) is 83.8 Å². The number of nitrogens with one attached hydrogen (secondary N) is 2. The van der Waals surface area contributed by atoms with Crippen LogP contribution in [0, 0.1) is 0 Å². The maximum atomic E-state index is 12.9. The summed E-state index contributed by atoms with van der Waals surface area (Å²) in [6.07, 6.45) is 0.594. The van der Waals surface area contributed by atoms with Crippen molar-refractivity contribution in [2.75, 3.05) is 21.5 Å². The van der Waals surface area contributed by atoms with Crippen LogP contribution >= 0.6 is 0 Å². The van der Waals surface area contributed by atoms with Gasteiger partial charge >= 0.3 is 6.03 Å². The molecule has 0 radical (unpaired) electrons. The third kappa shape index (κ3) is 3.57. The second-order valence-electron chi connectivity index (χ2n) is 6.43. The van der Waals surface area contributed by atoms with Crippen molar-refractivity contribution in [1.29, 1.82) is 0 Å². The quantitative estimate of drug-likeness (QED) is 0.701. The summed E-state index contributed by atoms with van der Waals surface area (Å²) in [5, 5.41) is 5.54. The normalized spacial score (nSPS) is 13.1. The van der Waals surface area contributed by atoms with Crippen LogP contribution in [-0.4, -0.2) is 21.0 Å². The van der Waals surface area contributed by atoms with Crippen LogP contribution in [0.5, 0.6) is 0 Å². The fourth-order valence-electron chi connectivity index (χ4n) is 3.23. The molecule has 2 N–H and O–H groups in total. The minimum atomic E-state index is -3.60. The number of rotatable bonds is 4. The van der Waals surface area contributed by atoms with Crippen LogP contribution in [0.3, 0.4) is 0 Å². The molecule has 2 amide bonds. The average Bonchev–Trinajstić information content (AvgIpc) is 3.13. The molecule has 0 aromatic heterocycles. The van der Waals surface area contributed by atoms with Crippen molar-refractivity contribution in [2.24, 2.45) is 0 Å². The van der Waals surface area contributed by atoms with Crippen LogP contribution in [0.25, 0.3) is 0 Å². The van der Waals surface area contributed by atoms with Gasteiger partial charge in [-0.05, 0) is 54.4 Å². The van der Waals surface area contributed by atoms with Gasteiger partial charge in [-0.1, -0.05) is 36.4 Å². The third-order valence-corrected chi connectivity index (χ3v) is 6.38. The molecule has 0 saturated carbocycles. The molecule has 0 unspecified atom stereocenters. The topological polar surface area (TPSA) is 78.5 Å². The second-order valence-corrected chi connectivity index (χ2v) is 8.29. The summed E-state index contributed by atoms with van der Waals surface area (Å²) in [6.45, 7) is 0.381. The van der Waals surface area contributed by atoms with E-state index in [2.05, 4.69) is 10.6 Å². The van der Waals surface area contributed by atoms with Gasteiger partial charge in [-0.2, -0.15) is 0 Å². The van der Waals surface area contributed by atoms with E-state index in [4.69, 9.17) is 0 Å². The van der Waals surface area contributed by atoms with E-state index in [1.807, 2.05) is 24.3 Å². The van der Waals surface area contributed by atoms with E-state index in [1.54, 1.807) is 54.6 Å². The molecule has 1 aliphatic heterocycles. The zero-order valence-corrected chi connectivity index (χ0v) is 15.8. The van der Waals surface area contributed by atoms with Gasteiger partial charge in [0.05, 0.1) is 10.6 Å². The number of benzene rings is 3. The average molecular weight is 393 g/mol. The standard InChI is InChI=1S/C21H19N3O3S/c25-21(22-17-7-3-1-4-8-17)23-18-11-12-20-16(15-18)13-14-24(20)28(26,27)19-9-5-2-6-10-19/h1-12,15H,13-14H2,(H2,22,23,25). The lowest BCUT2D eigenvalue weighted by Gasteiger charge is -2.19. The first-order chi connectivity index (χ1) is 13.5. The van der Waals surface area contributed by atoms with Crippen molar-refractivity contribution in [3.8, 4) is 0 Å². The number of hydrogen-bond donors (Lipinski definition) is 2. The number of amides is 2. The number of nitrogens with zero attached hydrogens (tertiary/aromatic N) is 1. The number of carbonyl (C=O) groups is 1. The molecule has 0 spiro atoms. The number of anilines is 3. The summed E-state index contributed by atoms with van der Waals surface area (Å²) in [5.74, 6) is 0. The number of urea groups is 1. The first kappa shape index (κ1) is 18.1. The molecule has 1 aliphatic rings. The molecule has 0 bridgehead atoms. The van der Waals surface area contributed by atoms with E-state index < -0.39 is 10.0 Å². The van der Waals surface area contributed by atoms with Gasteiger partial charge in [0.25, 0.3) is 10.0 Å². The van der Waals surface area contributed by atoms with Gasteiger partial charge in [0.1, 0.15) is 0 Å². The zero-order chi connectivity index (χ0) is 19.6. The number of fused-ring (bicyclic) bond motifs is 1. The monoisotopic (exact) mass is 393 g/mol. The fourth-order valence-corrected chi connectivity index (χ4v) is 4.76. The van der Waals surface area contributed by atoms with Crippen molar-refractivity contribution < 1.29 is 13.2 Å². The lowest BCUT2D eigenvalue weighted by molar-refractivity contribution is 0.262. The van der Waals surface area contributed by atoms with Gasteiger partial charge in [-0.25, -0.2) is 13.2 Å². The minimum absolute atomic E-state index is 0.271. The maximum Gasteiger partial charge on any atom is 0.323 e. The molecular weight excluding hydrogens is 374 g/mol. The highest BCUT2D eigenvalue weighted by Crippen LogP contribution is 2.34. The van der Waals surface area contributed by atoms with Gasteiger partial charge in [0.2, 0.25) is 0 Å². The van der Waals surface area contributed by atoms with E-state index in [9.17, 15) is 13.2 Å². The largest absolute Gasteiger partial charge is 0.323 e. The molecule has 0 saturated heterocycles. The third-order valence-electron chi connectivity index (χ3n) is 4.55. The maximum absolute atomic E-state index is 12.9. The van der Waals surface area contributed by atoms with E-state index in [-0.39, 0.29) is 10.9 Å². The smallest absolute Gasteiger partial charge is 0.308 e. The predicted octanol–water partition coefficient (Wildman–Crippen LogP) is 4.08. The van der Waals surface area contributed by atoms with E-state index in [0.717, 1.165) is 5.56 Å². The Bertz CT molecular complexity index is 1100. The number of para-hydroxylation sites is 1. The Morgan fingerprint density at radius 2 is 1.46 bits per heavy atom. The van der Waals surface area contributed by atoms with Crippen molar-refractivity contribution in [1.82, 2.24) is 0 Å². The summed E-state index contributed by atoms with van der Waals surface area (Å²) in [6, 6.07) is 22.5. The molecule has 6 nitrogen and oxygen atoms in total. The van der Waals surface area contributed by atoms with Gasteiger partial charge in [-0.15, -0.1) is 0 Å². The van der Waals surface area contributed by atoms with E-state index in [1.165, 1.54) is 4.31 Å². The Labute approximate surface area is 163 Å². The van der Waals surface area contributed by atoms with Crippen LogP contribution in [0.2, 0.25) is 0 Å². The minimum Gasteiger partial charge on any atom is -0.308 e. The molecule has 3 aromatic rings. The van der Waals surface area contributed by atoms with Gasteiger partial charge in [-0.3, -0.25) is 4.31 Å². The molecule has 3 aromatic carbocycles. The van der Waals surface area contributed by atoms with Crippen molar-refractivity contribution in [3.63, 3.8) is 0 Å². The first-order valence-electron chi connectivity index (χ1n) is 8.88. The molecule has 142 valence electrons. The number of carbonyl (C=O) groups excluding carboxylic acids is 1. The van der Waals surface area contributed by atoms with Crippen LogP contribution in [0.1, 0.15) is 5.56 Å². The second kappa shape index (κ2) is 7.36. The number of hydrogen-bond acceptors (Lipinski definition) is 3. The highest BCUT2D eigenvalue weighted by atomic mass is 32.2. The van der Waals surface area contributed by atoms with Crippen LogP contribution in [-0.2, 0) is 16.4 Å². The predicted molar refractivity (Wildman–Crippen MR) is 110 cm³/mol.